The second-order valence-electron chi connectivity index (χ2n) is 8.99. The van der Waals surface area contributed by atoms with E-state index in [1.54, 1.807) is 0 Å². The van der Waals surface area contributed by atoms with Crippen LogP contribution in [0.4, 0.5) is 0 Å². The van der Waals surface area contributed by atoms with Gasteiger partial charge in [0, 0.05) is 13.1 Å². The lowest BCUT2D eigenvalue weighted by Crippen LogP contribution is -2.32. The molecule has 0 spiro atoms. The van der Waals surface area contributed by atoms with E-state index in [0.717, 1.165) is 31.2 Å². The lowest BCUT2D eigenvalue weighted by atomic mass is 9.87. The Morgan fingerprint density at radius 2 is 1.61 bits per heavy atom. The molecule has 3 rings (SSSR count). The molecule has 5 nitrogen and oxygen atoms in total. The minimum Gasteiger partial charge on any atom is -0.457 e. The molecule has 2 aromatic rings. The molecule has 1 saturated heterocycles. The van der Waals surface area contributed by atoms with Crippen molar-refractivity contribution in [2.45, 2.75) is 63.4 Å². The number of benzene rings is 2. The molecule has 0 radical (unpaired) electrons. The smallest absolute Gasteiger partial charge is 0.338 e. The number of ether oxygens (including phenoxy) is 1. The molecule has 0 unspecified atom stereocenters. The van der Waals surface area contributed by atoms with Gasteiger partial charge in [-0.3, -0.25) is 0 Å². The van der Waals surface area contributed by atoms with E-state index in [-0.39, 0.29) is 27.5 Å². The normalized spacial score (nSPS) is 16.0. The molecule has 0 atom stereocenters. The summed E-state index contributed by atoms with van der Waals surface area (Å²) >= 11 is 6.21. The van der Waals surface area contributed by atoms with Crippen molar-refractivity contribution in [2.24, 2.45) is 0 Å². The Bertz CT molecular complexity index is 1020. The molecule has 1 heterocycles. The molecule has 0 N–H and O–H groups in total. The fraction of sp³-hybridized carbons (Fsp3) is 0.458. The van der Waals surface area contributed by atoms with Crippen molar-refractivity contribution in [3.05, 3.63) is 64.2 Å². The van der Waals surface area contributed by atoms with Crippen molar-refractivity contribution < 1.29 is 17.9 Å². The van der Waals surface area contributed by atoms with Crippen LogP contribution in [0.3, 0.4) is 0 Å². The summed E-state index contributed by atoms with van der Waals surface area (Å²) < 4.78 is 33.1. The molecular formula is C24H30ClNO4S. The lowest BCUT2D eigenvalue weighted by molar-refractivity contribution is 0.0472. The molecule has 168 valence electrons. The Labute approximate surface area is 190 Å². The van der Waals surface area contributed by atoms with Gasteiger partial charge in [0.2, 0.25) is 10.0 Å². The largest absolute Gasteiger partial charge is 0.457 e. The Morgan fingerprint density at radius 3 is 2.19 bits per heavy atom. The fourth-order valence-electron chi connectivity index (χ4n) is 3.58. The summed E-state index contributed by atoms with van der Waals surface area (Å²) in [6, 6.07) is 12.2. The SMILES string of the molecule is CC(C)(C)c1ccc(COC(=O)c2ccc(Cl)c(S(=O)(=O)N3CCCCCC3)c2)cc1. The summed E-state index contributed by atoms with van der Waals surface area (Å²) in [4.78, 5) is 12.6. The Kier molecular flexibility index (Phi) is 7.45. The van der Waals surface area contributed by atoms with Crippen LogP contribution in [0.25, 0.3) is 0 Å². The van der Waals surface area contributed by atoms with E-state index >= 15 is 0 Å². The van der Waals surface area contributed by atoms with E-state index in [1.807, 2.05) is 24.3 Å². The Hall–Kier alpha value is -1.89. The highest BCUT2D eigenvalue weighted by atomic mass is 35.5. The van der Waals surface area contributed by atoms with Crippen LogP contribution in [0.5, 0.6) is 0 Å². The van der Waals surface area contributed by atoms with Gasteiger partial charge in [0.1, 0.15) is 11.5 Å². The maximum absolute atomic E-state index is 13.1. The highest BCUT2D eigenvalue weighted by Crippen LogP contribution is 2.28. The van der Waals surface area contributed by atoms with Gasteiger partial charge in [-0.05, 0) is 47.6 Å². The summed E-state index contributed by atoms with van der Waals surface area (Å²) in [7, 11) is -3.76. The molecule has 0 aromatic heterocycles. The number of nitrogens with zero attached hydrogens (tertiary/aromatic N) is 1. The van der Waals surface area contributed by atoms with E-state index in [1.165, 1.54) is 28.1 Å². The molecule has 1 fully saturated rings. The van der Waals surface area contributed by atoms with Gasteiger partial charge in [-0.15, -0.1) is 0 Å². The van der Waals surface area contributed by atoms with Crippen LogP contribution in [0, 0.1) is 0 Å². The number of carbonyl (C=O) groups is 1. The Balaban J connectivity index is 1.74. The van der Waals surface area contributed by atoms with Crippen molar-refractivity contribution in [1.29, 1.82) is 0 Å². The van der Waals surface area contributed by atoms with Gasteiger partial charge in [0.15, 0.2) is 0 Å². The summed E-state index contributed by atoms with van der Waals surface area (Å²) in [6.45, 7) is 7.47. The molecule has 31 heavy (non-hydrogen) atoms. The first kappa shape index (κ1) is 23.8. The van der Waals surface area contributed by atoms with Gasteiger partial charge in [-0.2, -0.15) is 4.31 Å². The summed E-state index contributed by atoms with van der Waals surface area (Å²) in [5.41, 5.74) is 2.29. The van der Waals surface area contributed by atoms with E-state index in [0.29, 0.717) is 13.1 Å². The van der Waals surface area contributed by atoms with Gasteiger partial charge >= 0.3 is 5.97 Å². The first-order chi connectivity index (χ1) is 14.6. The number of rotatable bonds is 5. The van der Waals surface area contributed by atoms with Crippen LogP contribution in [-0.4, -0.2) is 31.8 Å². The van der Waals surface area contributed by atoms with Crippen molar-refractivity contribution in [2.75, 3.05) is 13.1 Å². The fourth-order valence-corrected chi connectivity index (χ4v) is 5.60. The zero-order chi connectivity index (χ0) is 22.6. The number of esters is 1. The monoisotopic (exact) mass is 463 g/mol. The lowest BCUT2D eigenvalue weighted by Gasteiger charge is -2.21. The van der Waals surface area contributed by atoms with Crippen LogP contribution in [-0.2, 0) is 26.8 Å². The number of hydrogen-bond donors (Lipinski definition) is 0. The van der Waals surface area contributed by atoms with E-state index < -0.39 is 16.0 Å². The number of sulfonamides is 1. The molecule has 7 heteroatoms. The van der Waals surface area contributed by atoms with Crippen molar-refractivity contribution in [3.63, 3.8) is 0 Å². The third-order valence-electron chi connectivity index (χ3n) is 5.54. The molecule has 2 aromatic carbocycles. The molecule has 0 saturated carbocycles. The predicted octanol–water partition coefficient (Wildman–Crippen LogP) is 5.56. The zero-order valence-corrected chi connectivity index (χ0v) is 19.9. The second kappa shape index (κ2) is 9.72. The minimum atomic E-state index is -3.76. The predicted molar refractivity (Wildman–Crippen MR) is 123 cm³/mol. The first-order valence-electron chi connectivity index (χ1n) is 10.7. The van der Waals surface area contributed by atoms with Gasteiger partial charge < -0.3 is 4.74 Å². The quantitative estimate of drug-likeness (QED) is 0.544. The topological polar surface area (TPSA) is 63.7 Å². The van der Waals surface area contributed by atoms with Crippen molar-refractivity contribution in [1.82, 2.24) is 4.31 Å². The van der Waals surface area contributed by atoms with Crippen LogP contribution < -0.4 is 0 Å². The average molecular weight is 464 g/mol. The van der Waals surface area contributed by atoms with Gasteiger partial charge in [-0.1, -0.05) is 69.5 Å². The van der Waals surface area contributed by atoms with E-state index in [9.17, 15) is 13.2 Å². The molecule has 1 aliphatic rings. The van der Waals surface area contributed by atoms with E-state index in [2.05, 4.69) is 20.8 Å². The Morgan fingerprint density at radius 1 is 1.00 bits per heavy atom. The van der Waals surface area contributed by atoms with Gasteiger partial charge in [0.05, 0.1) is 10.6 Å². The minimum absolute atomic E-state index is 0.0416. The van der Waals surface area contributed by atoms with Crippen LogP contribution >= 0.6 is 11.6 Å². The highest BCUT2D eigenvalue weighted by Gasteiger charge is 2.28. The average Bonchev–Trinajstić information content (AvgIpc) is 3.02. The van der Waals surface area contributed by atoms with Gasteiger partial charge in [0.25, 0.3) is 0 Å². The number of carbonyl (C=O) groups excluding carboxylic acids is 1. The zero-order valence-electron chi connectivity index (χ0n) is 18.4. The first-order valence-corrected chi connectivity index (χ1v) is 12.5. The maximum atomic E-state index is 13.1. The van der Waals surface area contributed by atoms with Crippen molar-refractivity contribution in [3.8, 4) is 0 Å². The van der Waals surface area contributed by atoms with E-state index in [4.69, 9.17) is 16.3 Å². The number of halogens is 1. The van der Waals surface area contributed by atoms with Gasteiger partial charge in [-0.25, -0.2) is 13.2 Å². The van der Waals surface area contributed by atoms with Crippen LogP contribution in [0.15, 0.2) is 47.4 Å². The number of hydrogen-bond acceptors (Lipinski definition) is 4. The maximum Gasteiger partial charge on any atom is 0.338 e. The van der Waals surface area contributed by atoms with Crippen LogP contribution in [0.1, 0.15) is 67.9 Å². The molecule has 1 aliphatic heterocycles. The summed E-state index contributed by atoms with van der Waals surface area (Å²) in [5, 5.41) is 0.110. The summed E-state index contributed by atoms with van der Waals surface area (Å²) in [5.74, 6) is -0.580. The third-order valence-corrected chi connectivity index (χ3v) is 7.92. The molecule has 0 aliphatic carbocycles. The van der Waals surface area contributed by atoms with Crippen LogP contribution in [0.2, 0.25) is 5.02 Å². The second-order valence-corrected chi connectivity index (χ2v) is 11.3. The molecule has 0 amide bonds. The highest BCUT2D eigenvalue weighted by molar-refractivity contribution is 7.89. The molecule has 0 bridgehead atoms. The standard InChI is InChI=1S/C24H30ClNO4S/c1-24(2,3)20-11-8-18(9-12-20)17-30-23(27)19-10-13-21(25)22(16-19)31(28,29)26-14-6-4-5-7-15-26/h8-13,16H,4-7,14-15,17H2,1-3H3. The summed E-state index contributed by atoms with van der Waals surface area (Å²) in [6.07, 6.45) is 3.69. The molecular weight excluding hydrogens is 434 g/mol. The third kappa shape index (κ3) is 5.88. The van der Waals surface area contributed by atoms with Crippen molar-refractivity contribution >= 4 is 27.6 Å².